The molecule has 1 saturated heterocycles. The molecule has 1 saturated carbocycles. The van der Waals surface area contributed by atoms with E-state index < -0.39 is 0 Å². The lowest BCUT2D eigenvalue weighted by Crippen LogP contribution is -2.44. The van der Waals surface area contributed by atoms with Gasteiger partial charge in [0, 0.05) is 19.1 Å². The predicted octanol–water partition coefficient (Wildman–Crippen LogP) is 3.62. The molecule has 2 fully saturated rings. The number of ether oxygens (including phenoxy) is 1. The van der Waals surface area contributed by atoms with Gasteiger partial charge in [-0.3, -0.25) is 4.79 Å². The maximum atomic E-state index is 13.3. The van der Waals surface area contributed by atoms with Crippen molar-refractivity contribution in [2.45, 2.75) is 63.3 Å². The van der Waals surface area contributed by atoms with Crippen LogP contribution < -0.4 is 5.73 Å². The molecule has 4 nitrogen and oxygen atoms in total. The van der Waals surface area contributed by atoms with E-state index in [0.717, 1.165) is 25.7 Å². The van der Waals surface area contributed by atoms with Crippen molar-refractivity contribution in [3.8, 4) is 0 Å². The number of carbonyl (C=O) groups is 1. The van der Waals surface area contributed by atoms with Gasteiger partial charge < -0.3 is 15.4 Å². The summed E-state index contributed by atoms with van der Waals surface area (Å²) in [5.74, 6) is 0.154. The number of nitrogens with zero attached hydrogens (tertiary/aromatic N) is 1. The Morgan fingerprint density at radius 3 is 2.58 bits per heavy atom. The van der Waals surface area contributed by atoms with Crippen molar-refractivity contribution in [1.82, 2.24) is 4.90 Å². The second-order valence-electron chi connectivity index (χ2n) is 7.60. The average molecular weight is 352 g/mol. The van der Waals surface area contributed by atoms with E-state index in [1.54, 1.807) is 0 Å². The number of benzene rings is 2. The molecule has 4 rings (SSSR count). The van der Waals surface area contributed by atoms with Gasteiger partial charge >= 0.3 is 0 Å². The number of nitrogens with two attached hydrogens (primary N) is 1. The van der Waals surface area contributed by atoms with E-state index >= 15 is 0 Å². The Labute approximate surface area is 155 Å². The first-order valence-electron chi connectivity index (χ1n) is 9.89. The minimum atomic E-state index is -0.320. The second kappa shape index (κ2) is 7.77. The van der Waals surface area contributed by atoms with Gasteiger partial charge in [-0.05, 0) is 42.0 Å². The van der Waals surface area contributed by atoms with E-state index in [1.807, 2.05) is 0 Å². The molecule has 1 amide bonds. The predicted molar refractivity (Wildman–Crippen MR) is 104 cm³/mol. The monoisotopic (exact) mass is 352 g/mol. The average Bonchev–Trinajstić information content (AvgIpc) is 3.37. The molecule has 0 aromatic heterocycles. The van der Waals surface area contributed by atoms with Gasteiger partial charge in [0.05, 0.1) is 6.10 Å². The van der Waals surface area contributed by atoms with Crippen molar-refractivity contribution in [1.29, 1.82) is 0 Å². The number of rotatable bonds is 5. The summed E-state index contributed by atoms with van der Waals surface area (Å²) in [5, 5.41) is 2.46. The molecule has 2 aromatic carbocycles. The van der Waals surface area contributed by atoms with Crippen LogP contribution in [0.4, 0.5) is 0 Å². The summed E-state index contributed by atoms with van der Waals surface area (Å²) in [6, 6.07) is 15.1. The molecule has 1 aliphatic carbocycles. The Morgan fingerprint density at radius 2 is 1.81 bits per heavy atom. The first-order valence-corrected chi connectivity index (χ1v) is 9.89. The molecular formula is C22H28N2O2. The van der Waals surface area contributed by atoms with Gasteiger partial charge in [0.1, 0.15) is 6.10 Å². The zero-order valence-electron chi connectivity index (χ0n) is 15.3. The van der Waals surface area contributed by atoms with Crippen LogP contribution >= 0.6 is 0 Å². The minimum absolute atomic E-state index is 0.0342. The lowest BCUT2D eigenvalue weighted by atomic mass is 10.0. The van der Waals surface area contributed by atoms with Crippen LogP contribution in [-0.2, 0) is 16.1 Å². The highest BCUT2D eigenvalue weighted by atomic mass is 16.5. The van der Waals surface area contributed by atoms with Crippen LogP contribution in [0.2, 0.25) is 0 Å². The highest BCUT2D eigenvalue weighted by Crippen LogP contribution is 2.30. The fraction of sp³-hybridized carbons (Fsp3) is 0.500. The molecule has 2 atom stereocenters. The molecular weight excluding hydrogens is 324 g/mol. The summed E-state index contributed by atoms with van der Waals surface area (Å²) in [4.78, 5) is 15.4. The van der Waals surface area contributed by atoms with Gasteiger partial charge in [0.2, 0.25) is 0 Å². The molecule has 1 heterocycles. The largest absolute Gasteiger partial charge is 0.364 e. The topological polar surface area (TPSA) is 55.6 Å². The van der Waals surface area contributed by atoms with Crippen LogP contribution in [0.3, 0.4) is 0 Å². The van der Waals surface area contributed by atoms with Gasteiger partial charge in [0.25, 0.3) is 5.91 Å². The summed E-state index contributed by atoms with van der Waals surface area (Å²) in [7, 11) is 0. The molecule has 2 N–H and O–H groups in total. The summed E-state index contributed by atoms with van der Waals surface area (Å²) in [6.45, 7) is 1.16. The molecule has 2 aliphatic rings. The zero-order chi connectivity index (χ0) is 17.9. The summed E-state index contributed by atoms with van der Waals surface area (Å²) >= 11 is 0. The Bertz CT molecular complexity index is 764. The van der Waals surface area contributed by atoms with E-state index in [1.165, 1.54) is 29.2 Å². The quantitative estimate of drug-likeness (QED) is 0.894. The minimum Gasteiger partial charge on any atom is -0.364 e. The molecule has 0 unspecified atom stereocenters. The third-order valence-corrected chi connectivity index (χ3v) is 5.92. The molecule has 138 valence electrons. The highest BCUT2D eigenvalue weighted by Gasteiger charge is 2.36. The molecule has 26 heavy (non-hydrogen) atoms. The van der Waals surface area contributed by atoms with E-state index in [9.17, 15) is 4.79 Å². The van der Waals surface area contributed by atoms with E-state index in [0.29, 0.717) is 19.1 Å². The summed E-state index contributed by atoms with van der Waals surface area (Å²) in [5.41, 5.74) is 6.95. The van der Waals surface area contributed by atoms with Crippen molar-refractivity contribution in [2.24, 2.45) is 5.73 Å². The maximum absolute atomic E-state index is 13.3. The lowest BCUT2D eigenvalue weighted by molar-refractivity contribution is -0.145. The molecule has 0 bridgehead atoms. The first-order chi connectivity index (χ1) is 12.8. The van der Waals surface area contributed by atoms with E-state index in [-0.39, 0.29) is 18.1 Å². The number of carbonyl (C=O) groups excluding carboxylic acids is 1. The Morgan fingerprint density at radius 1 is 1.04 bits per heavy atom. The number of hydrogen-bond donors (Lipinski definition) is 1. The van der Waals surface area contributed by atoms with Gasteiger partial charge in [-0.25, -0.2) is 0 Å². The van der Waals surface area contributed by atoms with Crippen molar-refractivity contribution in [3.63, 3.8) is 0 Å². The van der Waals surface area contributed by atoms with Crippen molar-refractivity contribution in [3.05, 3.63) is 48.0 Å². The van der Waals surface area contributed by atoms with Crippen LogP contribution in [0.5, 0.6) is 0 Å². The van der Waals surface area contributed by atoms with E-state index in [2.05, 4.69) is 47.4 Å². The van der Waals surface area contributed by atoms with Crippen LogP contribution in [0.15, 0.2) is 42.5 Å². The van der Waals surface area contributed by atoms with Crippen molar-refractivity contribution < 1.29 is 9.53 Å². The lowest BCUT2D eigenvalue weighted by Gasteiger charge is -2.31. The normalized spacial score (nSPS) is 23.6. The Hall–Kier alpha value is -1.91. The van der Waals surface area contributed by atoms with Crippen LogP contribution in [0, 0.1) is 0 Å². The fourth-order valence-corrected chi connectivity index (χ4v) is 4.46. The summed E-state index contributed by atoms with van der Waals surface area (Å²) < 4.78 is 5.92. The van der Waals surface area contributed by atoms with Gasteiger partial charge in [-0.2, -0.15) is 0 Å². The first kappa shape index (κ1) is 17.5. The summed E-state index contributed by atoms with van der Waals surface area (Å²) in [6.07, 6.45) is 6.01. The van der Waals surface area contributed by atoms with Crippen LogP contribution in [0.1, 0.15) is 44.1 Å². The molecule has 2 aromatic rings. The van der Waals surface area contributed by atoms with Crippen LogP contribution in [0.25, 0.3) is 10.8 Å². The maximum Gasteiger partial charge on any atom is 0.252 e. The third kappa shape index (κ3) is 3.49. The number of hydrogen-bond acceptors (Lipinski definition) is 3. The number of fused-ring (bicyclic) bond motifs is 1. The van der Waals surface area contributed by atoms with Gasteiger partial charge in [-0.1, -0.05) is 55.3 Å². The third-order valence-electron chi connectivity index (χ3n) is 5.92. The standard InChI is InChI=1S/C22H28N2O2/c23-14-19-12-13-21(26-19)22(25)24(18-9-2-3-10-18)15-17-8-5-7-16-6-1-4-11-20(16)17/h1,4-8,11,18-19,21H,2-3,9-10,12-15,23H2/t19-,21+/m1/s1. The second-order valence-corrected chi connectivity index (χ2v) is 7.60. The van der Waals surface area contributed by atoms with Gasteiger partial charge in [0.15, 0.2) is 0 Å². The Kier molecular flexibility index (Phi) is 5.23. The molecule has 0 spiro atoms. The SMILES string of the molecule is NC[C@H]1CC[C@@H](C(=O)N(Cc2cccc3ccccc23)C2CCCC2)O1. The smallest absolute Gasteiger partial charge is 0.252 e. The molecule has 1 aliphatic heterocycles. The molecule has 4 heteroatoms. The zero-order valence-corrected chi connectivity index (χ0v) is 15.3. The van der Waals surface area contributed by atoms with E-state index in [4.69, 9.17) is 10.5 Å². The fourth-order valence-electron chi connectivity index (χ4n) is 4.46. The van der Waals surface area contributed by atoms with Crippen molar-refractivity contribution in [2.75, 3.05) is 6.54 Å². The van der Waals surface area contributed by atoms with Crippen molar-refractivity contribution >= 4 is 16.7 Å². The highest BCUT2D eigenvalue weighted by molar-refractivity contribution is 5.87. The van der Waals surface area contributed by atoms with Crippen LogP contribution in [-0.4, -0.2) is 35.6 Å². The Balaban J connectivity index is 1.60. The number of amides is 1. The van der Waals surface area contributed by atoms with Gasteiger partial charge in [-0.15, -0.1) is 0 Å². The molecule has 0 radical (unpaired) electrons.